The predicted molar refractivity (Wildman–Crippen MR) is 140 cm³/mol. The molecule has 0 aliphatic carbocycles. The summed E-state index contributed by atoms with van der Waals surface area (Å²) in [7, 11) is 1.65. The summed E-state index contributed by atoms with van der Waals surface area (Å²) >= 11 is 2.41. The van der Waals surface area contributed by atoms with Crippen LogP contribution in [0.25, 0.3) is 0 Å². The molecule has 0 N–H and O–H groups in total. The molecule has 5 nitrogen and oxygen atoms in total. The highest BCUT2D eigenvalue weighted by Crippen LogP contribution is 2.33. The van der Waals surface area contributed by atoms with Crippen LogP contribution in [-0.2, 0) is 43.5 Å². The van der Waals surface area contributed by atoms with Crippen molar-refractivity contribution in [3.05, 3.63) is 108 Å². The molecule has 1 heterocycles. The van der Waals surface area contributed by atoms with Gasteiger partial charge in [-0.15, -0.1) is 0 Å². The zero-order valence-electron chi connectivity index (χ0n) is 19.3. The number of alkyl halides is 1. The highest BCUT2D eigenvalue weighted by Gasteiger charge is 2.46. The van der Waals surface area contributed by atoms with Gasteiger partial charge >= 0.3 is 0 Å². The van der Waals surface area contributed by atoms with Crippen LogP contribution in [0.5, 0.6) is 0 Å². The molecule has 6 heteroatoms. The smallest absolute Gasteiger partial charge is 0.186 e. The molecule has 1 aliphatic heterocycles. The van der Waals surface area contributed by atoms with Gasteiger partial charge in [0.1, 0.15) is 12.2 Å². The molecule has 34 heavy (non-hydrogen) atoms. The van der Waals surface area contributed by atoms with Gasteiger partial charge in [-0.2, -0.15) is 0 Å². The minimum atomic E-state index is -0.555. The van der Waals surface area contributed by atoms with E-state index in [-0.39, 0.29) is 22.2 Å². The van der Waals surface area contributed by atoms with Gasteiger partial charge in [-0.3, -0.25) is 0 Å². The van der Waals surface area contributed by atoms with E-state index >= 15 is 0 Å². The summed E-state index contributed by atoms with van der Waals surface area (Å²) in [5, 5.41) is 0. The first-order valence-electron chi connectivity index (χ1n) is 11.5. The van der Waals surface area contributed by atoms with Crippen LogP contribution in [0.3, 0.4) is 0 Å². The maximum absolute atomic E-state index is 6.46. The van der Waals surface area contributed by atoms with Gasteiger partial charge in [0.15, 0.2) is 6.29 Å². The van der Waals surface area contributed by atoms with Crippen LogP contribution in [0.2, 0.25) is 0 Å². The SMILES string of the molecule is CO[C@H]1O[C@H](COCc2ccccc2)[C@H](I)[C@H](OCc2ccccc2)[C@H]1OCc1ccccc1. The number of methoxy groups -OCH3 is 1. The lowest BCUT2D eigenvalue weighted by atomic mass is 10.0. The van der Waals surface area contributed by atoms with Gasteiger partial charge in [0.25, 0.3) is 0 Å². The topological polar surface area (TPSA) is 46.2 Å². The molecule has 0 amide bonds. The van der Waals surface area contributed by atoms with Crippen LogP contribution < -0.4 is 0 Å². The van der Waals surface area contributed by atoms with Crippen molar-refractivity contribution in [2.75, 3.05) is 13.7 Å². The Kier molecular flexibility index (Phi) is 9.91. The molecule has 1 saturated heterocycles. The fourth-order valence-corrected chi connectivity index (χ4v) is 4.95. The molecular formula is C28H31IO5. The van der Waals surface area contributed by atoms with Crippen LogP contribution in [-0.4, -0.2) is 42.2 Å². The van der Waals surface area contributed by atoms with Crippen molar-refractivity contribution >= 4 is 22.6 Å². The van der Waals surface area contributed by atoms with Gasteiger partial charge in [0.05, 0.1) is 36.5 Å². The molecule has 0 saturated carbocycles. The summed E-state index contributed by atoms with van der Waals surface area (Å²) in [6.07, 6.45) is -1.35. The number of hydrogen-bond acceptors (Lipinski definition) is 5. The summed E-state index contributed by atoms with van der Waals surface area (Å²) in [5.41, 5.74) is 3.34. The maximum atomic E-state index is 6.46. The van der Waals surface area contributed by atoms with Gasteiger partial charge in [-0.05, 0) is 16.7 Å². The number of ether oxygens (including phenoxy) is 5. The first-order valence-corrected chi connectivity index (χ1v) is 12.7. The lowest BCUT2D eigenvalue weighted by Crippen LogP contribution is -2.58. The van der Waals surface area contributed by atoms with Crippen molar-refractivity contribution in [3.8, 4) is 0 Å². The lowest BCUT2D eigenvalue weighted by molar-refractivity contribution is -0.281. The van der Waals surface area contributed by atoms with E-state index in [0.717, 1.165) is 16.7 Å². The van der Waals surface area contributed by atoms with E-state index in [1.807, 2.05) is 66.7 Å². The fraction of sp³-hybridized carbons (Fsp3) is 0.357. The Hall–Kier alpha value is -1.81. The number of halogens is 1. The molecule has 1 fully saturated rings. The monoisotopic (exact) mass is 574 g/mol. The molecule has 0 unspecified atom stereocenters. The molecule has 5 atom stereocenters. The van der Waals surface area contributed by atoms with Crippen LogP contribution in [0.1, 0.15) is 16.7 Å². The quantitative estimate of drug-likeness (QED) is 0.222. The molecule has 0 spiro atoms. The molecule has 3 aromatic carbocycles. The summed E-state index contributed by atoms with van der Waals surface area (Å²) in [4.78, 5) is 0. The summed E-state index contributed by atoms with van der Waals surface area (Å²) in [6, 6.07) is 30.4. The zero-order chi connectivity index (χ0) is 23.6. The molecule has 4 rings (SSSR count). The third kappa shape index (κ3) is 7.10. The molecule has 0 aromatic heterocycles. The van der Waals surface area contributed by atoms with E-state index in [2.05, 4.69) is 46.9 Å². The minimum absolute atomic E-state index is 0.0178. The third-order valence-corrected chi connectivity index (χ3v) is 7.28. The molecule has 0 radical (unpaired) electrons. The molecule has 3 aromatic rings. The first-order chi connectivity index (χ1) is 16.7. The van der Waals surface area contributed by atoms with Crippen molar-refractivity contribution in [2.45, 2.75) is 48.3 Å². The summed E-state index contributed by atoms with van der Waals surface area (Å²) < 4.78 is 30.9. The normalized spacial score (nSPS) is 24.7. The van der Waals surface area contributed by atoms with Crippen molar-refractivity contribution in [3.63, 3.8) is 0 Å². The second kappa shape index (κ2) is 13.3. The number of benzene rings is 3. The average molecular weight is 574 g/mol. The van der Waals surface area contributed by atoms with Crippen molar-refractivity contribution in [2.24, 2.45) is 0 Å². The van der Waals surface area contributed by atoms with Crippen molar-refractivity contribution in [1.29, 1.82) is 0 Å². The van der Waals surface area contributed by atoms with Crippen molar-refractivity contribution < 1.29 is 23.7 Å². The Morgan fingerprint density at radius 2 is 1.15 bits per heavy atom. The van der Waals surface area contributed by atoms with Crippen LogP contribution in [0.4, 0.5) is 0 Å². The molecule has 0 bridgehead atoms. The van der Waals surface area contributed by atoms with Gasteiger partial charge in [0.2, 0.25) is 0 Å². The van der Waals surface area contributed by atoms with E-state index in [1.54, 1.807) is 7.11 Å². The van der Waals surface area contributed by atoms with Crippen LogP contribution in [0.15, 0.2) is 91.0 Å². The minimum Gasteiger partial charge on any atom is -0.374 e. The summed E-state index contributed by atoms with van der Waals surface area (Å²) in [5.74, 6) is 0. The third-order valence-electron chi connectivity index (χ3n) is 5.77. The second-order valence-corrected chi connectivity index (χ2v) is 9.68. The van der Waals surface area contributed by atoms with Gasteiger partial charge in [-0.25, -0.2) is 0 Å². The van der Waals surface area contributed by atoms with Crippen LogP contribution in [0, 0.1) is 0 Å². The van der Waals surface area contributed by atoms with Gasteiger partial charge in [0, 0.05) is 7.11 Å². The highest BCUT2D eigenvalue weighted by molar-refractivity contribution is 14.1. The van der Waals surface area contributed by atoms with Gasteiger partial charge in [-0.1, -0.05) is 114 Å². The Bertz CT molecular complexity index is 956. The average Bonchev–Trinajstić information content (AvgIpc) is 2.89. The maximum Gasteiger partial charge on any atom is 0.186 e. The first kappa shape index (κ1) is 25.3. The fourth-order valence-electron chi connectivity index (χ4n) is 3.95. The standard InChI is InChI=1S/C28H31IO5/c1-30-28-27(33-19-23-15-9-4-10-16-23)26(32-18-22-13-7-3-8-14-22)25(29)24(34-28)20-31-17-21-11-5-2-6-12-21/h2-16,24-28H,17-20H2,1H3/t24-,25+,26+,27-,28+/m1/s1. The summed E-state index contributed by atoms with van der Waals surface area (Å²) in [6.45, 7) is 1.92. The van der Waals surface area contributed by atoms with E-state index in [0.29, 0.717) is 26.4 Å². The largest absolute Gasteiger partial charge is 0.374 e. The lowest BCUT2D eigenvalue weighted by Gasteiger charge is -2.43. The highest BCUT2D eigenvalue weighted by atomic mass is 127. The van der Waals surface area contributed by atoms with E-state index in [4.69, 9.17) is 23.7 Å². The van der Waals surface area contributed by atoms with E-state index < -0.39 is 6.29 Å². The van der Waals surface area contributed by atoms with E-state index in [9.17, 15) is 0 Å². The van der Waals surface area contributed by atoms with Gasteiger partial charge < -0.3 is 23.7 Å². The predicted octanol–water partition coefficient (Wildman–Crippen LogP) is 5.55. The Morgan fingerprint density at radius 3 is 1.65 bits per heavy atom. The molecular weight excluding hydrogens is 543 g/mol. The zero-order valence-corrected chi connectivity index (χ0v) is 21.5. The Balaban J connectivity index is 1.44. The van der Waals surface area contributed by atoms with Crippen molar-refractivity contribution in [1.82, 2.24) is 0 Å². The Morgan fingerprint density at radius 1 is 0.676 bits per heavy atom. The molecule has 1 aliphatic rings. The van der Waals surface area contributed by atoms with Crippen LogP contribution >= 0.6 is 22.6 Å². The second-order valence-electron chi connectivity index (χ2n) is 8.25. The molecule has 180 valence electrons. The number of hydrogen-bond donors (Lipinski definition) is 0. The number of rotatable bonds is 11. The van der Waals surface area contributed by atoms with E-state index in [1.165, 1.54) is 0 Å². The Labute approximate surface area is 215 Å².